The molecule has 3 amide bonds. The van der Waals surface area contributed by atoms with E-state index in [0.29, 0.717) is 29.4 Å². The zero-order valence-electron chi connectivity index (χ0n) is 16.0. The first-order valence-electron chi connectivity index (χ1n) is 8.93. The van der Waals surface area contributed by atoms with Crippen LogP contribution in [0.2, 0.25) is 0 Å². The van der Waals surface area contributed by atoms with Crippen molar-refractivity contribution in [1.82, 2.24) is 4.90 Å². The second-order valence-electron chi connectivity index (χ2n) is 5.99. The Morgan fingerprint density at radius 1 is 1.10 bits per heavy atom. The predicted molar refractivity (Wildman–Crippen MR) is 112 cm³/mol. The number of hydrogen-bond acceptors (Lipinski definition) is 6. The quantitative estimate of drug-likeness (QED) is 0.697. The van der Waals surface area contributed by atoms with E-state index in [1.54, 1.807) is 42.5 Å². The summed E-state index contributed by atoms with van der Waals surface area (Å²) >= 11 is 0.798. The Bertz CT molecular complexity index is 973. The maximum atomic E-state index is 12.7. The van der Waals surface area contributed by atoms with Crippen LogP contribution in [0.5, 0.6) is 11.5 Å². The number of imide groups is 1. The van der Waals surface area contributed by atoms with Crippen molar-refractivity contribution in [1.29, 1.82) is 0 Å². The second-order valence-corrected chi connectivity index (χ2v) is 6.98. The van der Waals surface area contributed by atoms with Crippen LogP contribution in [-0.4, -0.2) is 42.2 Å². The molecule has 0 radical (unpaired) electrons. The minimum atomic E-state index is -0.513. The predicted octanol–water partition coefficient (Wildman–Crippen LogP) is 3.77. The number of thioether (sulfide) groups is 1. The summed E-state index contributed by atoms with van der Waals surface area (Å²) in [4.78, 5) is 38.5. The summed E-state index contributed by atoms with van der Waals surface area (Å²) in [5.41, 5.74) is 1.16. The van der Waals surface area contributed by atoms with Crippen LogP contribution in [0.1, 0.15) is 12.5 Å². The molecule has 0 aliphatic carbocycles. The van der Waals surface area contributed by atoms with Crippen molar-refractivity contribution in [2.45, 2.75) is 6.92 Å². The van der Waals surface area contributed by atoms with Gasteiger partial charge in [-0.05, 0) is 43.0 Å². The molecule has 3 rings (SSSR count). The molecule has 8 heteroatoms. The van der Waals surface area contributed by atoms with Crippen molar-refractivity contribution in [2.75, 3.05) is 25.6 Å². The molecule has 29 heavy (non-hydrogen) atoms. The monoisotopic (exact) mass is 412 g/mol. The molecule has 7 nitrogen and oxygen atoms in total. The number of methoxy groups -OCH3 is 1. The Kier molecular flexibility index (Phi) is 6.56. The Balaban J connectivity index is 1.73. The summed E-state index contributed by atoms with van der Waals surface area (Å²) in [6, 6.07) is 14.1. The molecule has 0 spiro atoms. The third kappa shape index (κ3) is 4.78. The van der Waals surface area contributed by atoms with E-state index < -0.39 is 17.1 Å². The highest BCUT2D eigenvalue weighted by molar-refractivity contribution is 8.18. The van der Waals surface area contributed by atoms with Gasteiger partial charge in [0.2, 0.25) is 5.91 Å². The fourth-order valence-electron chi connectivity index (χ4n) is 2.75. The highest BCUT2D eigenvalue weighted by Gasteiger charge is 2.36. The van der Waals surface area contributed by atoms with Gasteiger partial charge in [0.25, 0.3) is 11.1 Å². The molecule has 1 aliphatic rings. The lowest BCUT2D eigenvalue weighted by Gasteiger charge is -2.14. The second kappa shape index (κ2) is 9.29. The molecule has 0 saturated carbocycles. The van der Waals surface area contributed by atoms with Gasteiger partial charge in [-0.1, -0.05) is 30.3 Å². The number of benzene rings is 2. The first-order chi connectivity index (χ1) is 14.0. The first kappa shape index (κ1) is 20.5. The van der Waals surface area contributed by atoms with E-state index in [0.717, 1.165) is 16.7 Å². The molecule has 1 aliphatic heterocycles. The fraction of sp³-hybridized carbons (Fsp3) is 0.190. The molecular formula is C21H20N2O5S. The number of carbonyl (C=O) groups is 3. The molecule has 0 unspecified atom stereocenters. The van der Waals surface area contributed by atoms with E-state index in [4.69, 9.17) is 9.47 Å². The first-order valence-corrected chi connectivity index (χ1v) is 9.75. The summed E-state index contributed by atoms with van der Waals surface area (Å²) in [5.74, 6) is 0.104. The number of anilines is 1. The Labute approximate surface area is 172 Å². The van der Waals surface area contributed by atoms with Crippen molar-refractivity contribution in [3.63, 3.8) is 0 Å². The van der Waals surface area contributed by atoms with Crippen molar-refractivity contribution >= 4 is 40.6 Å². The van der Waals surface area contributed by atoms with Crippen molar-refractivity contribution in [2.24, 2.45) is 0 Å². The largest absolute Gasteiger partial charge is 0.495 e. The van der Waals surface area contributed by atoms with Gasteiger partial charge in [-0.25, -0.2) is 0 Å². The Hall–Kier alpha value is -3.26. The highest BCUT2D eigenvalue weighted by atomic mass is 32.2. The SMILES string of the molecule is CCOc1ccccc1/C=C1\SC(=O)N(CC(=O)Nc2ccccc2OC)C1=O. The molecular weight excluding hydrogens is 392 g/mol. The minimum absolute atomic E-state index is 0.243. The summed E-state index contributed by atoms with van der Waals surface area (Å²) in [6.45, 7) is 1.97. The lowest BCUT2D eigenvalue weighted by atomic mass is 10.2. The summed E-state index contributed by atoms with van der Waals surface area (Å²) < 4.78 is 10.7. The van der Waals surface area contributed by atoms with Gasteiger partial charge in [0.1, 0.15) is 18.0 Å². The maximum Gasteiger partial charge on any atom is 0.294 e. The van der Waals surface area contributed by atoms with Crippen LogP contribution in [0.25, 0.3) is 6.08 Å². The maximum absolute atomic E-state index is 12.7. The topological polar surface area (TPSA) is 84.9 Å². The summed E-state index contributed by atoms with van der Waals surface area (Å²) in [6.07, 6.45) is 1.61. The van der Waals surface area contributed by atoms with E-state index in [-0.39, 0.29) is 11.4 Å². The van der Waals surface area contributed by atoms with Crippen molar-refractivity contribution in [3.8, 4) is 11.5 Å². The van der Waals surface area contributed by atoms with Crippen LogP contribution in [0.3, 0.4) is 0 Å². The third-order valence-electron chi connectivity index (χ3n) is 4.06. The van der Waals surface area contributed by atoms with E-state index in [1.165, 1.54) is 7.11 Å². The van der Waals surface area contributed by atoms with Crippen molar-refractivity contribution < 1.29 is 23.9 Å². The molecule has 0 atom stereocenters. The van der Waals surface area contributed by atoms with Gasteiger partial charge >= 0.3 is 0 Å². The minimum Gasteiger partial charge on any atom is -0.495 e. The van der Waals surface area contributed by atoms with Crippen LogP contribution in [-0.2, 0) is 9.59 Å². The molecule has 1 saturated heterocycles. The zero-order valence-corrected chi connectivity index (χ0v) is 16.8. The van der Waals surface area contributed by atoms with Crippen molar-refractivity contribution in [3.05, 3.63) is 59.0 Å². The van der Waals surface area contributed by atoms with Gasteiger partial charge in [0.15, 0.2) is 0 Å². The molecule has 1 N–H and O–H groups in total. The average molecular weight is 412 g/mol. The van der Waals surface area contributed by atoms with E-state index in [9.17, 15) is 14.4 Å². The van der Waals surface area contributed by atoms with Gasteiger partial charge in [-0.3, -0.25) is 19.3 Å². The van der Waals surface area contributed by atoms with Gasteiger partial charge in [0.05, 0.1) is 24.3 Å². The summed E-state index contributed by atoms with van der Waals surface area (Å²) in [7, 11) is 1.49. The van der Waals surface area contributed by atoms with Crippen LogP contribution in [0, 0.1) is 0 Å². The molecule has 0 bridgehead atoms. The van der Waals surface area contributed by atoms with Gasteiger partial charge in [-0.2, -0.15) is 0 Å². The Morgan fingerprint density at radius 3 is 2.52 bits per heavy atom. The van der Waals surface area contributed by atoms with E-state index in [1.807, 2.05) is 19.1 Å². The zero-order chi connectivity index (χ0) is 20.8. The molecule has 1 heterocycles. The number of nitrogens with zero attached hydrogens (tertiary/aromatic N) is 1. The fourth-order valence-corrected chi connectivity index (χ4v) is 3.57. The lowest BCUT2D eigenvalue weighted by Crippen LogP contribution is -2.36. The number of para-hydroxylation sites is 3. The smallest absolute Gasteiger partial charge is 0.294 e. The molecule has 2 aromatic carbocycles. The number of hydrogen-bond donors (Lipinski definition) is 1. The number of carbonyl (C=O) groups excluding carboxylic acids is 3. The van der Waals surface area contributed by atoms with Gasteiger partial charge < -0.3 is 14.8 Å². The number of nitrogens with one attached hydrogen (secondary N) is 1. The number of amides is 3. The molecule has 2 aromatic rings. The summed E-state index contributed by atoms with van der Waals surface area (Å²) in [5, 5.41) is 2.17. The Morgan fingerprint density at radius 2 is 1.79 bits per heavy atom. The van der Waals surface area contributed by atoms with Crippen LogP contribution in [0.4, 0.5) is 10.5 Å². The van der Waals surface area contributed by atoms with E-state index >= 15 is 0 Å². The van der Waals surface area contributed by atoms with Gasteiger partial charge in [0, 0.05) is 5.56 Å². The van der Waals surface area contributed by atoms with E-state index in [2.05, 4.69) is 5.32 Å². The average Bonchev–Trinajstić information content (AvgIpc) is 2.97. The molecule has 150 valence electrons. The van der Waals surface area contributed by atoms with Crippen LogP contribution >= 0.6 is 11.8 Å². The standard InChI is InChI=1S/C21H20N2O5S/c1-3-28-16-10-6-4-8-14(16)12-18-20(25)23(21(26)29-18)13-19(24)22-15-9-5-7-11-17(15)27-2/h4-12H,3,13H2,1-2H3,(H,22,24)/b18-12-. The van der Waals surface area contributed by atoms with Gasteiger partial charge in [-0.15, -0.1) is 0 Å². The molecule has 0 aromatic heterocycles. The van der Waals surface area contributed by atoms with Crippen LogP contribution in [0.15, 0.2) is 53.4 Å². The van der Waals surface area contributed by atoms with Crippen LogP contribution < -0.4 is 14.8 Å². The lowest BCUT2D eigenvalue weighted by molar-refractivity contribution is -0.127. The normalized spacial score (nSPS) is 15.0. The highest BCUT2D eigenvalue weighted by Crippen LogP contribution is 2.34. The third-order valence-corrected chi connectivity index (χ3v) is 4.97. The number of ether oxygens (including phenoxy) is 2. The number of rotatable bonds is 7. The molecule has 1 fully saturated rings.